The van der Waals surface area contributed by atoms with Crippen LogP contribution in [0.25, 0.3) is 0 Å². The molecule has 0 amide bonds. The normalized spacial score (nSPS) is 10.9. The molecule has 0 heterocycles. The predicted molar refractivity (Wildman–Crippen MR) is 89.0 cm³/mol. The average Bonchev–Trinajstić information content (AvgIpc) is 2.38. The average molecular weight is 354 g/mol. The summed E-state index contributed by atoms with van der Waals surface area (Å²) in [7, 11) is 0. The molecule has 20 heavy (non-hydrogen) atoms. The van der Waals surface area contributed by atoms with Crippen molar-refractivity contribution in [3.05, 3.63) is 57.6 Å². The fourth-order valence-electron chi connectivity index (χ4n) is 2.22. The summed E-state index contributed by atoms with van der Waals surface area (Å²) in [6.45, 7) is 6.51. The summed E-state index contributed by atoms with van der Waals surface area (Å²) in [5.74, 6) is 2.60. The van der Waals surface area contributed by atoms with Crippen LogP contribution in [0.15, 0.2) is 40.9 Å². The first-order valence-electron chi connectivity index (χ1n) is 6.64. The van der Waals surface area contributed by atoms with Gasteiger partial charge in [-0.3, -0.25) is 0 Å². The molecule has 0 bridgehead atoms. The molecular formula is C17H18BrClO. The second-order valence-corrected chi connectivity index (χ2v) is 6.34. The molecule has 0 aliphatic rings. The highest BCUT2D eigenvalue weighted by molar-refractivity contribution is 9.10. The third-order valence-electron chi connectivity index (χ3n) is 3.26. The lowest BCUT2D eigenvalue weighted by atomic mass is 9.98. The van der Waals surface area contributed by atoms with Crippen molar-refractivity contribution in [2.75, 3.05) is 0 Å². The maximum absolute atomic E-state index is 5.98. The summed E-state index contributed by atoms with van der Waals surface area (Å²) >= 11 is 9.41. The summed E-state index contributed by atoms with van der Waals surface area (Å²) < 4.78 is 6.97. The summed E-state index contributed by atoms with van der Waals surface area (Å²) in [6, 6.07) is 12.1. The Bertz CT molecular complexity index is 608. The van der Waals surface area contributed by atoms with Crippen LogP contribution in [0.3, 0.4) is 0 Å². The maximum atomic E-state index is 5.98. The van der Waals surface area contributed by atoms with Gasteiger partial charge in [0.25, 0.3) is 0 Å². The van der Waals surface area contributed by atoms with E-state index in [-0.39, 0.29) is 0 Å². The van der Waals surface area contributed by atoms with Gasteiger partial charge in [-0.05, 0) is 48.2 Å². The van der Waals surface area contributed by atoms with Gasteiger partial charge >= 0.3 is 0 Å². The Kier molecular flexibility index (Phi) is 5.11. The van der Waals surface area contributed by atoms with Crippen molar-refractivity contribution in [1.82, 2.24) is 0 Å². The molecule has 2 rings (SSSR count). The number of hydrogen-bond donors (Lipinski definition) is 0. The zero-order valence-corrected chi connectivity index (χ0v) is 14.3. The lowest BCUT2D eigenvalue weighted by molar-refractivity contribution is 0.477. The van der Waals surface area contributed by atoms with Crippen molar-refractivity contribution in [3.63, 3.8) is 0 Å². The lowest BCUT2D eigenvalue weighted by Gasteiger charge is -2.14. The van der Waals surface area contributed by atoms with E-state index < -0.39 is 0 Å². The van der Waals surface area contributed by atoms with Gasteiger partial charge in [-0.15, -0.1) is 11.6 Å². The van der Waals surface area contributed by atoms with Gasteiger partial charge in [0, 0.05) is 10.0 Å². The van der Waals surface area contributed by atoms with Gasteiger partial charge in [-0.2, -0.15) is 0 Å². The van der Waals surface area contributed by atoms with Crippen molar-refractivity contribution in [2.45, 2.75) is 32.6 Å². The van der Waals surface area contributed by atoms with E-state index in [1.54, 1.807) is 0 Å². The van der Waals surface area contributed by atoms with Crippen LogP contribution in [0.1, 0.15) is 36.5 Å². The Hall–Kier alpha value is -0.990. The Morgan fingerprint density at radius 1 is 1.15 bits per heavy atom. The highest BCUT2D eigenvalue weighted by atomic mass is 79.9. The number of benzene rings is 2. The van der Waals surface area contributed by atoms with E-state index in [4.69, 9.17) is 16.3 Å². The molecule has 2 aromatic rings. The molecule has 2 aromatic carbocycles. The molecule has 0 aromatic heterocycles. The minimum Gasteiger partial charge on any atom is -0.457 e. The number of rotatable bonds is 4. The van der Waals surface area contributed by atoms with E-state index in [2.05, 4.69) is 48.8 Å². The van der Waals surface area contributed by atoms with E-state index in [9.17, 15) is 0 Å². The molecule has 1 nitrogen and oxygen atoms in total. The Balaban J connectivity index is 2.31. The number of aryl methyl sites for hydroxylation is 1. The van der Waals surface area contributed by atoms with Crippen molar-refractivity contribution >= 4 is 27.5 Å². The van der Waals surface area contributed by atoms with Crippen LogP contribution < -0.4 is 4.74 Å². The summed E-state index contributed by atoms with van der Waals surface area (Å²) in [5, 5.41) is 0. The summed E-state index contributed by atoms with van der Waals surface area (Å²) in [4.78, 5) is 0. The van der Waals surface area contributed by atoms with Crippen molar-refractivity contribution in [2.24, 2.45) is 0 Å². The van der Waals surface area contributed by atoms with Crippen LogP contribution in [-0.4, -0.2) is 0 Å². The first-order valence-corrected chi connectivity index (χ1v) is 7.97. The van der Waals surface area contributed by atoms with Gasteiger partial charge in [-0.25, -0.2) is 0 Å². The predicted octanol–water partition coefficient (Wildman–Crippen LogP) is 6.41. The number of hydrogen-bond acceptors (Lipinski definition) is 1. The minimum absolute atomic E-state index is 0.436. The van der Waals surface area contributed by atoms with E-state index in [0.717, 1.165) is 21.5 Å². The Morgan fingerprint density at radius 2 is 1.90 bits per heavy atom. The Labute approximate surface area is 134 Å². The van der Waals surface area contributed by atoms with Crippen molar-refractivity contribution in [1.29, 1.82) is 0 Å². The summed E-state index contributed by atoms with van der Waals surface area (Å²) in [5.41, 5.74) is 3.59. The number of alkyl halides is 1. The van der Waals surface area contributed by atoms with Crippen molar-refractivity contribution in [3.8, 4) is 11.5 Å². The van der Waals surface area contributed by atoms with E-state index >= 15 is 0 Å². The fraction of sp³-hybridized carbons (Fsp3) is 0.294. The van der Waals surface area contributed by atoms with Gasteiger partial charge in [-0.1, -0.05) is 41.9 Å². The second kappa shape index (κ2) is 6.64. The molecule has 0 unspecified atom stereocenters. The standard InChI is InChI=1S/C17H18BrClO/c1-11(2)16-7-6-15(8-12(16)3)20-17-9-14(18)5-4-13(17)10-19/h4-9,11H,10H2,1-3H3. The highest BCUT2D eigenvalue weighted by Gasteiger charge is 2.08. The number of ether oxygens (including phenoxy) is 1. The topological polar surface area (TPSA) is 9.23 Å². The minimum atomic E-state index is 0.436. The zero-order chi connectivity index (χ0) is 14.7. The van der Waals surface area contributed by atoms with Gasteiger partial charge in [0.1, 0.15) is 11.5 Å². The molecule has 0 atom stereocenters. The third-order valence-corrected chi connectivity index (χ3v) is 4.05. The summed E-state index contributed by atoms with van der Waals surface area (Å²) in [6.07, 6.45) is 0. The van der Waals surface area contributed by atoms with Crippen molar-refractivity contribution < 1.29 is 4.74 Å². The zero-order valence-electron chi connectivity index (χ0n) is 11.9. The van der Waals surface area contributed by atoms with Crippen LogP contribution >= 0.6 is 27.5 Å². The molecule has 3 heteroatoms. The lowest BCUT2D eigenvalue weighted by Crippen LogP contribution is -1.94. The van der Waals surface area contributed by atoms with Gasteiger partial charge in [0.2, 0.25) is 0 Å². The fourth-order valence-corrected chi connectivity index (χ4v) is 2.78. The molecule has 0 N–H and O–H groups in total. The molecule has 0 spiro atoms. The third kappa shape index (κ3) is 3.56. The molecule has 0 aliphatic heterocycles. The van der Waals surface area contributed by atoms with Crippen LogP contribution in [0.4, 0.5) is 0 Å². The van der Waals surface area contributed by atoms with Crippen LogP contribution in [0.5, 0.6) is 11.5 Å². The van der Waals surface area contributed by atoms with Gasteiger partial charge in [0.15, 0.2) is 0 Å². The highest BCUT2D eigenvalue weighted by Crippen LogP contribution is 2.31. The molecular weight excluding hydrogens is 336 g/mol. The maximum Gasteiger partial charge on any atom is 0.132 e. The molecule has 0 saturated heterocycles. The first kappa shape index (κ1) is 15.4. The second-order valence-electron chi connectivity index (χ2n) is 5.16. The van der Waals surface area contributed by atoms with Crippen LogP contribution in [0, 0.1) is 6.92 Å². The molecule has 0 saturated carbocycles. The first-order chi connectivity index (χ1) is 9.51. The van der Waals surface area contributed by atoms with E-state index in [1.165, 1.54) is 11.1 Å². The van der Waals surface area contributed by atoms with Crippen LogP contribution in [-0.2, 0) is 5.88 Å². The molecule has 0 fully saturated rings. The molecule has 0 aliphatic carbocycles. The van der Waals surface area contributed by atoms with Crippen LogP contribution in [0.2, 0.25) is 0 Å². The van der Waals surface area contributed by atoms with E-state index in [1.807, 2.05) is 24.3 Å². The SMILES string of the molecule is Cc1cc(Oc2cc(Br)ccc2CCl)ccc1C(C)C. The molecule has 0 radical (unpaired) electrons. The van der Waals surface area contributed by atoms with Gasteiger partial charge < -0.3 is 4.74 Å². The van der Waals surface area contributed by atoms with E-state index in [0.29, 0.717) is 11.8 Å². The number of halogens is 2. The Morgan fingerprint density at radius 3 is 2.50 bits per heavy atom. The molecule has 106 valence electrons. The van der Waals surface area contributed by atoms with Gasteiger partial charge in [0.05, 0.1) is 5.88 Å². The largest absolute Gasteiger partial charge is 0.457 e. The monoisotopic (exact) mass is 352 g/mol. The smallest absolute Gasteiger partial charge is 0.132 e. The quantitative estimate of drug-likeness (QED) is 0.577.